The number of carbonyl (C=O) groups is 4. The predicted octanol–water partition coefficient (Wildman–Crippen LogP) is 1.11. The van der Waals surface area contributed by atoms with Gasteiger partial charge in [-0.2, -0.15) is 11.8 Å². The topological polar surface area (TPSA) is 151 Å². The van der Waals surface area contributed by atoms with Gasteiger partial charge in [0.05, 0.1) is 6.04 Å². The number of aliphatic carboxylic acids is 1. The molecule has 4 atom stereocenters. The second-order valence-electron chi connectivity index (χ2n) is 8.46. The zero-order valence-corrected chi connectivity index (χ0v) is 21.3. The van der Waals surface area contributed by atoms with Crippen LogP contribution in [0.2, 0.25) is 0 Å². The van der Waals surface area contributed by atoms with E-state index in [9.17, 15) is 24.3 Å². The molecule has 0 aliphatic rings. The lowest BCUT2D eigenvalue weighted by molar-refractivity contribution is -0.142. The zero-order chi connectivity index (χ0) is 26.5. The van der Waals surface area contributed by atoms with Crippen LogP contribution in [-0.4, -0.2) is 65.0 Å². The molecule has 0 heterocycles. The number of carbonyl (C=O) groups excluding carboxylic acids is 3. The summed E-state index contributed by atoms with van der Waals surface area (Å²) >= 11 is 1.47. The van der Waals surface area contributed by atoms with Crippen molar-refractivity contribution in [3.05, 3.63) is 71.8 Å². The lowest BCUT2D eigenvalue weighted by atomic mass is 10.0. The maximum atomic E-state index is 13.0. The highest BCUT2D eigenvalue weighted by Crippen LogP contribution is 2.07. The van der Waals surface area contributed by atoms with E-state index in [1.165, 1.54) is 18.7 Å². The molecular weight excluding hydrogens is 480 g/mol. The minimum atomic E-state index is -1.14. The van der Waals surface area contributed by atoms with Crippen molar-refractivity contribution < 1.29 is 24.3 Å². The van der Waals surface area contributed by atoms with Crippen LogP contribution in [0.3, 0.4) is 0 Å². The van der Waals surface area contributed by atoms with Gasteiger partial charge in [-0.15, -0.1) is 0 Å². The van der Waals surface area contributed by atoms with Crippen molar-refractivity contribution in [3.63, 3.8) is 0 Å². The molecular formula is C26H34N4O5S. The second-order valence-corrected chi connectivity index (χ2v) is 9.44. The lowest BCUT2D eigenvalue weighted by Gasteiger charge is -2.24. The van der Waals surface area contributed by atoms with Gasteiger partial charge in [-0.1, -0.05) is 60.7 Å². The van der Waals surface area contributed by atoms with Gasteiger partial charge < -0.3 is 26.8 Å². The molecule has 6 N–H and O–H groups in total. The zero-order valence-electron chi connectivity index (χ0n) is 20.5. The molecule has 0 aromatic heterocycles. The number of amides is 3. The largest absolute Gasteiger partial charge is 0.480 e. The van der Waals surface area contributed by atoms with Gasteiger partial charge in [0.2, 0.25) is 17.7 Å². The molecule has 3 amide bonds. The van der Waals surface area contributed by atoms with E-state index in [0.29, 0.717) is 12.2 Å². The summed E-state index contributed by atoms with van der Waals surface area (Å²) < 4.78 is 0. The molecule has 10 heteroatoms. The summed E-state index contributed by atoms with van der Waals surface area (Å²) in [7, 11) is 0. The monoisotopic (exact) mass is 514 g/mol. The Labute approximate surface area is 215 Å². The molecule has 4 unspecified atom stereocenters. The quantitative estimate of drug-likeness (QED) is 0.253. The molecule has 0 aliphatic carbocycles. The molecule has 0 saturated heterocycles. The van der Waals surface area contributed by atoms with E-state index >= 15 is 0 Å². The van der Waals surface area contributed by atoms with Crippen molar-refractivity contribution in [1.29, 1.82) is 0 Å². The Morgan fingerprint density at radius 3 is 1.86 bits per heavy atom. The maximum Gasteiger partial charge on any atom is 0.326 e. The Morgan fingerprint density at radius 2 is 1.33 bits per heavy atom. The minimum Gasteiger partial charge on any atom is -0.480 e. The molecule has 0 radical (unpaired) electrons. The first-order valence-electron chi connectivity index (χ1n) is 11.7. The number of hydrogen-bond acceptors (Lipinski definition) is 6. The third-order valence-corrected chi connectivity index (χ3v) is 6.17. The maximum absolute atomic E-state index is 13.0. The Kier molecular flexibility index (Phi) is 11.9. The van der Waals surface area contributed by atoms with E-state index in [1.807, 2.05) is 66.9 Å². The van der Waals surface area contributed by atoms with E-state index in [4.69, 9.17) is 5.73 Å². The molecule has 194 valence electrons. The number of hydrogen-bond donors (Lipinski definition) is 5. The summed E-state index contributed by atoms with van der Waals surface area (Å²) in [6.07, 6.45) is 2.56. The average Bonchev–Trinajstić information content (AvgIpc) is 2.86. The predicted molar refractivity (Wildman–Crippen MR) is 140 cm³/mol. The smallest absolute Gasteiger partial charge is 0.326 e. The third kappa shape index (κ3) is 9.71. The van der Waals surface area contributed by atoms with Gasteiger partial charge in [0.25, 0.3) is 0 Å². The van der Waals surface area contributed by atoms with E-state index in [-0.39, 0.29) is 12.8 Å². The molecule has 0 spiro atoms. The van der Waals surface area contributed by atoms with Crippen LogP contribution in [0.1, 0.15) is 24.5 Å². The Morgan fingerprint density at radius 1 is 0.806 bits per heavy atom. The Balaban J connectivity index is 2.05. The van der Waals surface area contributed by atoms with E-state index in [1.54, 1.807) is 0 Å². The first-order chi connectivity index (χ1) is 17.2. The fourth-order valence-electron chi connectivity index (χ4n) is 3.47. The summed E-state index contributed by atoms with van der Waals surface area (Å²) in [5, 5.41) is 17.2. The van der Waals surface area contributed by atoms with Crippen LogP contribution in [-0.2, 0) is 32.0 Å². The highest BCUT2D eigenvalue weighted by atomic mass is 32.2. The van der Waals surface area contributed by atoms with Crippen LogP contribution in [0.25, 0.3) is 0 Å². The summed E-state index contributed by atoms with van der Waals surface area (Å²) in [5.41, 5.74) is 7.69. The van der Waals surface area contributed by atoms with E-state index in [2.05, 4.69) is 16.0 Å². The van der Waals surface area contributed by atoms with Crippen molar-refractivity contribution in [1.82, 2.24) is 16.0 Å². The van der Waals surface area contributed by atoms with Gasteiger partial charge in [-0.3, -0.25) is 14.4 Å². The first kappa shape index (κ1) is 28.9. The first-order valence-corrected chi connectivity index (χ1v) is 13.1. The highest BCUT2D eigenvalue weighted by Gasteiger charge is 2.29. The van der Waals surface area contributed by atoms with Crippen molar-refractivity contribution in [2.24, 2.45) is 5.73 Å². The molecule has 0 fully saturated rings. The molecule has 0 aliphatic heterocycles. The number of thioether (sulfide) groups is 1. The Hall–Kier alpha value is -3.37. The van der Waals surface area contributed by atoms with Crippen molar-refractivity contribution in [2.45, 2.75) is 50.4 Å². The standard InChI is InChI=1S/C26H34N4O5S/c1-17(28-24(32)20(27)15-18-9-5-3-6-10-18)23(31)30-22(16-19-11-7-4-8-12-19)25(33)29-21(26(34)35)13-14-36-2/h3-12,17,20-22H,13-16,27H2,1-2H3,(H,28,32)(H,29,33)(H,30,31)(H,34,35). The number of benzene rings is 2. The van der Waals surface area contributed by atoms with Crippen LogP contribution in [0.15, 0.2) is 60.7 Å². The minimum absolute atomic E-state index is 0.154. The van der Waals surface area contributed by atoms with Crippen molar-refractivity contribution in [3.8, 4) is 0 Å². The third-order valence-electron chi connectivity index (χ3n) is 5.53. The number of nitrogens with two attached hydrogens (primary N) is 1. The van der Waals surface area contributed by atoms with Crippen molar-refractivity contribution in [2.75, 3.05) is 12.0 Å². The summed E-state index contributed by atoms with van der Waals surface area (Å²) in [6, 6.07) is 14.4. The molecule has 2 rings (SSSR count). The van der Waals surface area contributed by atoms with Gasteiger partial charge in [-0.05, 0) is 42.9 Å². The van der Waals surface area contributed by atoms with Gasteiger partial charge in [0, 0.05) is 6.42 Å². The molecule has 9 nitrogen and oxygen atoms in total. The fraction of sp³-hybridized carbons (Fsp3) is 0.385. The molecule has 2 aromatic carbocycles. The molecule has 2 aromatic rings. The average molecular weight is 515 g/mol. The van der Waals surface area contributed by atoms with E-state index in [0.717, 1.165) is 11.1 Å². The van der Waals surface area contributed by atoms with Crippen LogP contribution in [0.5, 0.6) is 0 Å². The normalized spacial score (nSPS) is 14.1. The van der Waals surface area contributed by atoms with Crippen LogP contribution < -0.4 is 21.7 Å². The number of rotatable bonds is 14. The van der Waals surface area contributed by atoms with Gasteiger partial charge in [0.1, 0.15) is 18.1 Å². The SMILES string of the molecule is CSCCC(NC(=O)C(Cc1ccccc1)NC(=O)C(C)NC(=O)C(N)Cc1ccccc1)C(=O)O. The molecule has 0 saturated carbocycles. The lowest BCUT2D eigenvalue weighted by Crippen LogP contribution is -2.57. The van der Waals surface area contributed by atoms with Crippen LogP contribution in [0.4, 0.5) is 0 Å². The van der Waals surface area contributed by atoms with E-state index < -0.39 is 47.9 Å². The highest BCUT2D eigenvalue weighted by molar-refractivity contribution is 7.98. The summed E-state index contributed by atoms with van der Waals surface area (Å²) in [4.78, 5) is 50.0. The second kappa shape index (κ2) is 14.9. The number of nitrogens with one attached hydrogen (secondary N) is 3. The fourth-order valence-corrected chi connectivity index (χ4v) is 3.94. The molecule has 36 heavy (non-hydrogen) atoms. The molecule has 0 bridgehead atoms. The summed E-state index contributed by atoms with van der Waals surface area (Å²) in [6.45, 7) is 1.50. The van der Waals surface area contributed by atoms with Crippen molar-refractivity contribution >= 4 is 35.5 Å². The summed E-state index contributed by atoms with van der Waals surface area (Å²) in [5.74, 6) is -2.27. The van der Waals surface area contributed by atoms with Gasteiger partial charge in [0.15, 0.2) is 0 Å². The van der Waals surface area contributed by atoms with Crippen LogP contribution >= 0.6 is 11.8 Å². The number of carboxylic acids is 1. The van der Waals surface area contributed by atoms with Crippen LogP contribution in [0, 0.1) is 0 Å². The Bertz CT molecular complexity index is 1010. The number of carboxylic acid groups (broad SMARTS) is 1. The van der Waals surface area contributed by atoms with Gasteiger partial charge >= 0.3 is 5.97 Å². The van der Waals surface area contributed by atoms with Gasteiger partial charge in [-0.25, -0.2) is 4.79 Å².